The van der Waals surface area contributed by atoms with Crippen molar-refractivity contribution in [2.45, 2.75) is 0 Å². The van der Waals surface area contributed by atoms with Crippen LogP contribution in [-0.4, -0.2) is 30.9 Å². The molecule has 2 heterocycles. The van der Waals surface area contributed by atoms with Gasteiger partial charge in [-0.15, -0.1) is 22.7 Å². The molecule has 0 fully saturated rings. The maximum absolute atomic E-state index is 9.10. The molecule has 3 aliphatic carbocycles. The van der Waals surface area contributed by atoms with Crippen LogP contribution >= 0.6 is 84.4 Å². The van der Waals surface area contributed by atoms with E-state index in [0.29, 0.717) is 28.3 Å². The maximum atomic E-state index is 9.10. The van der Waals surface area contributed by atoms with E-state index in [2.05, 4.69) is 21.6 Å². The number of benzene rings is 2. The van der Waals surface area contributed by atoms with Crippen molar-refractivity contribution in [3.8, 4) is 0 Å². The number of thiophene rings is 2. The number of nitrogens with zero attached hydrogens (tertiary/aromatic N) is 2. The van der Waals surface area contributed by atoms with E-state index in [0.717, 1.165) is 71.0 Å². The van der Waals surface area contributed by atoms with Gasteiger partial charge in [-0.05, 0) is 49.2 Å². The molecule has 0 saturated carbocycles. The van der Waals surface area contributed by atoms with E-state index in [1.165, 1.54) is 22.7 Å². The van der Waals surface area contributed by atoms with E-state index in [-0.39, 0.29) is 5.71 Å². The van der Waals surface area contributed by atoms with Crippen LogP contribution in [0, 0.1) is 5.41 Å². The van der Waals surface area contributed by atoms with Crippen molar-refractivity contribution in [2.75, 3.05) is 0 Å². The van der Waals surface area contributed by atoms with Crippen molar-refractivity contribution in [3.63, 3.8) is 0 Å². The smallest absolute Gasteiger partial charge is 0.110 e. The molecule has 0 bridgehead atoms. The average molecular weight is 739 g/mol. The zero-order valence-corrected chi connectivity index (χ0v) is 30.0. The summed E-state index contributed by atoms with van der Waals surface area (Å²) in [6.07, 6.45) is 3.72. The Kier molecular flexibility index (Phi) is 8.41. The maximum Gasteiger partial charge on any atom is 0.110 e. The van der Waals surface area contributed by atoms with Gasteiger partial charge in [0.2, 0.25) is 0 Å². The van der Waals surface area contributed by atoms with Crippen LogP contribution < -0.4 is 23.9 Å². The third kappa shape index (κ3) is 5.04. The van der Waals surface area contributed by atoms with Gasteiger partial charge in [-0.2, -0.15) is 4.36 Å². The Bertz CT molecular complexity index is 2430. The lowest BCUT2D eigenvalue weighted by Gasteiger charge is -2.20. The molecule has 0 aliphatic heterocycles. The summed E-state index contributed by atoms with van der Waals surface area (Å²) in [5, 5.41) is 9.10. The first-order chi connectivity index (χ1) is 22.2. The molecule has 0 radical (unpaired) electrons. The zero-order valence-electron chi connectivity index (χ0n) is 23.4. The van der Waals surface area contributed by atoms with Crippen molar-refractivity contribution >= 4 is 151 Å². The van der Waals surface area contributed by atoms with E-state index in [4.69, 9.17) is 72.4 Å². The highest BCUT2D eigenvalue weighted by molar-refractivity contribution is 7.85. The number of nitrogens with one attached hydrogen (secondary N) is 1. The molecule has 0 saturated heterocycles. The molecule has 2 aromatic heterocycles. The van der Waals surface area contributed by atoms with Crippen LogP contribution in [0.25, 0.3) is 23.3 Å². The van der Waals surface area contributed by atoms with Crippen molar-refractivity contribution in [1.82, 2.24) is 0 Å². The fourth-order valence-electron chi connectivity index (χ4n) is 5.63. The number of rotatable bonds is 3. The summed E-state index contributed by atoms with van der Waals surface area (Å²) in [4.78, 5) is 2.98. The second kappa shape index (κ2) is 12.4. The molecule has 7 rings (SSSR count). The van der Waals surface area contributed by atoms with E-state index in [1.807, 2.05) is 84.9 Å². The largest absolute Gasteiger partial charge is 0.396 e. The van der Waals surface area contributed by atoms with Crippen LogP contribution in [0.1, 0.15) is 22.3 Å². The van der Waals surface area contributed by atoms with Gasteiger partial charge in [-0.25, -0.2) is 4.40 Å². The van der Waals surface area contributed by atoms with Crippen molar-refractivity contribution < 1.29 is 0 Å². The summed E-state index contributed by atoms with van der Waals surface area (Å²) in [5.41, 5.74) is 14.4. The standard InChI is InChI=1S/C34H18N4S8/c35-27-21(13-15-9-11-23(45-15)25-31(39)17-5-1-2-6-18(17)32(25)40)29(37-43)28(36)22(30(27)38-44)14-16-10-12-24(46-16)26-33(41)19-7-3-4-8-20(19)34(26)42/h1-14,35,44H,36H2/b15-13+,16-14+,35-27?,38-30?. The minimum Gasteiger partial charge on any atom is -0.396 e. The highest BCUT2D eigenvalue weighted by atomic mass is 32.1. The normalized spacial score (nSPS) is 18.1. The molecule has 4 nitrogen and oxygen atoms in total. The van der Waals surface area contributed by atoms with Gasteiger partial charge in [0, 0.05) is 75.1 Å². The molecule has 0 spiro atoms. The van der Waals surface area contributed by atoms with Gasteiger partial charge in [0.1, 0.15) is 11.4 Å². The zero-order chi connectivity index (χ0) is 32.3. The van der Waals surface area contributed by atoms with E-state index < -0.39 is 0 Å². The lowest BCUT2D eigenvalue weighted by molar-refractivity contribution is 1.23. The molecule has 0 unspecified atom stereocenters. The highest BCUT2D eigenvalue weighted by Crippen LogP contribution is 2.31. The number of fused-ring (bicyclic) bond motifs is 2. The summed E-state index contributed by atoms with van der Waals surface area (Å²) in [6, 6.07) is 23.8. The summed E-state index contributed by atoms with van der Waals surface area (Å²) in [5.74, 6) is 0. The number of hydrogen-bond donors (Lipinski definition) is 3. The SMILES string of the molecule is N=C1C(=NS)C(/C=c2\ccc(=C3C(=S)c4ccccc4C3=S)s2)=C(N)C(N=S)=C1/C=c1\ccc(=C2C(=S)c3ccccc3C2=S)s1. The number of allylic oxidation sites excluding steroid dienone is 2. The Morgan fingerprint density at radius 2 is 1.07 bits per heavy atom. The van der Waals surface area contributed by atoms with E-state index in [9.17, 15) is 0 Å². The molecule has 3 aliphatic rings. The fraction of sp³-hybridized carbons (Fsp3) is 0. The monoisotopic (exact) mass is 738 g/mol. The number of hydrogen-bond acceptors (Lipinski definition) is 12. The van der Waals surface area contributed by atoms with Crippen LogP contribution in [0.2, 0.25) is 0 Å². The van der Waals surface area contributed by atoms with Crippen molar-refractivity contribution in [2.24, 2.45) is 14.5 Å². The first-order valence-corrected chi connectivity index (χ1v) is 17.7. The van der Waals surface area contributed by atoms with Crippen LogP contribution in [0.5, 0.6) is 0 Å². The Labute approximate surface area is 304 Å². The Hall–Kier alpha value is -3.33. The summed E-state index contributed by atoms with van der Waals surface area (Å²) >= 11 is 35.6. The van der Waals surface area contributed by atoms with Gasteiger partial charge in [-0.3, -0.25) is 5.41 Å². The van der Waals surface area contributed by atoms with Gasteiger partial charge in [0.05, 0.1) is 30.9 Å². The number of thiocarbonyl (C=S) groups is 4. The van der Waals surface area contributed by atoms with Gasteiger partial charge in [-0.1, -0.05) is 97.4 Å². The Morgan fingerprint density at radius 1 is 0.652 bits per heavy atom. The highest BCUT2D eigenvalue weighted by Gasteiger charge is 2.30. The van der Waals surface area contributed by atoms with Crippen molar-refractivity contribution in [3.05, 3.63) is 136 Å². The Morgan fingerprint density at radius 3 is 1.46 bits per heavy atom. The second-order valence-electron chi connectivity index (χ2n) is 10.4. The van der Waals surface area contributed by atoms with Crippen LogP contribution in [0.4, 0.5) is 0 Å². The Balaban J connectivity index is 1.33. The molecule has 222 valence electrons. The summed E-state index contributed by atoms with van der Waals surface area (Å²) in [7, 11) is 0. The molecular formula is C34H18N4S8. The molecule has 3 N–H and O–H groups in total. The molecular weight excluding hydrogens is 721 g/mol. The first kappa shape index (κ1) is 31.3. The third-order valence-corrected chi connectivity index (χ3v) is 12.0. The van der Waals surface area contributed by atoms with Crippen LogP contribution in [0.15, 0.2) is 104 Å². The summed E-state index contributed by atoms with van der Waals surface area (Å²) < 4.78 is 11.9. The summed E-state index contributed by atoms with van der Waals surface area (Å²) in [6.45, 7) is 0. The quantitative estimate of drug-likeness (QED) is 0.153. The van der Waals surface area contributed by atoms with Crippen LogP contribution in [-0.2, 0) is 12.4 Å². The molecule has 2 aromatic carbocycles. The predicted octanol–water partition coefficient (Wildman–Crippen LogP) is 5.19. The minimum atomic E-state index is 0.112. The van der Waals surface area contributed by atoms with Crippen molar-refractivity contribution in [1.29, 1.82) is 5.41 Å². The van der Waals surface area contributed by atoms with E-state index in [1.54, 1.807) is 0 Å². The minimum absolute atomic E-state index is 0.112. The molecule has 0 amide bonds. The van der Waals surface area contributed by atoms with Gasteiger partial charge >= 0.3 is 0 Å². The number of thiol groups is 1. The van der Waals surface area contributed by atoms with Gasteiger partial charge < -0.3 is 5.73 Å². The topological polar surface area (TPSA) is 74.6 Å². The van der Waals surface area contributed by atoms with Gasteiger partial charge in [0.25, 0.3) is 0 Å². The average Bonchev–Trinajstić information content (AvgIpc) is 3.83. The molecule has 0 atom stereocenters. The lowest BCUT2D eigenvalue weighted by Crippen LogP contribution is -2.27. The van der Waals surface area contributed by atoms with Gasteiger partial charge in [0.15, 0.2) is 0 Å². The number of nitrogens with two attached hydrogens (primary N) is 1. The second-order valence-corrected chi connectivity index (χ2v) is 14.6. The molecule has 12 heteroatoms. The van der Waals surface area contributed by atoms with E-state index >= 15 is 0 Å². The lowest BCUT2D eigenvalue weighted by atomic mass is 9.89. The third-order valence-electron chi connectivity index (χ3n) is 7.81. The first-order valence-electron chi connectivity index (χ1n) is 13.6. The van der Waals surface area contributed by atoms with Crippen LogP contribution in [0.3, 0.4) is 0 Å². The predicted molar refractivity (Wildman–Crippen MR) is 215 cm³/mol. The molecule has 46 heavy (non-hydrogen) atoms. The fourth-order valence-corrected chi connectivity index (χ4v) is 10.0. The molecule has 4 aromatic rings.